The summed E-state index contributed by atoms with van der Waals surface area (Å²) >= 11 is 3.10. The molecule has 0 radical (unpaired) electrons. The van der Waals surface area contributed by atoms with Crippen molar-refractivity contribution >= 4 is 15.9 Å². The summed E-state index contributed by atoms with van der Waals surface area (Å²) in [7, 11) is 0. The van der Waals surface area contributed by atoms with Crippen molar-refractivity contribution in [2.75, 3.05) is 0 Å². The Morgan fingerprint density at radius 3 is 2.31 bits per heavy atom. The number of hydrogen-bond donors (Lipinski definition) is 1. The van der Waals surface area contributed by atoms with Gasteiger partial charge in [0.15, 0.2) is 5.82 Å². The Bertz CT molecular complexity index is 286. The number of rotatable bonds is 2. The van der Waals surface area contributed by atoms with Crippen LogP contribution in [0.3, 0.4) is 0 Å². The molecule has 0 saturated carbocycles. The Labute approximate surface area is 82.5 Å². The maximum absolute atomic E-state index is 12.4. The molecule has 13 heavy (non-hydrogen) atoms. The summed E-state index contributed by atoms with van der Waals surface area (Å²) in [5.41, 5.74) is 3.55. The number of alkyl halides is 2. The van der Waals surface area contributed by atoms with Gasteiger partial charge in [0.2, 0.25) is 0 Å². The van der Waals surface area contributed by atoms with Gasteiger partial charge in [-0.05, 0) is 22.9 Å². The lowest BCUT2D eigenvalue weighted by atomic mass is 10.0. The third kappa shape index (κ3) is 2.19. The number of halogens is 3. The highest BCUT2D eigenvalue weighted by Crippen LogP contribution is 2.21. The molecule has 3 nitrogen and oxygen atoms in total. The van der Waals surface area contributed by atoms with E-state index in [9.17, 15) is 8.78 Å². The smallest absolute Gasteiger partial charge is 0.263 e. The zero-order chi connectivity index (χ0) is 10.1. The van der Waals surface area contributed by atoms with Crippen molar-refractivity contribution in [3.8, 4) is 0 Å². The van der Waals surface area contributed by atoms with E-state index in [1.165, 1.54) is 19.3 Å². The topological polar surface area (TPSA) is 51.8 Å². The summed E-state index contributed by atoms with van der Waals surface area (Å²) in [6.07, 6.45) is 0.0831. The van der Waals surface area contributed by atoms with Gasteiger partial charge in [0.1, 0.15) is 5.54 Å². The van der Waals surface area contributed by atoms with E-state index in [-0.39, 0.29) is 5.82 Å². The molecular weight excluding hydrogens is 244 g/mol. The first kappa shape index (κ1) is 10.5. The van der Waals surface area contributed by atoms with Crippen LogP contribution in [0.4, 0.5) is 8.78 Å². The summed E-state index contributed by atoms with van der Waals surface area (Å²) < 4.78 is 25.4. The van der Waals surface area contributed by atoms with E-state index < -0.39 is 12.0 Å². The van der Waals surface area contributed by atoms with Crippen LogP contribution in [0.5, 0.6) is 0 Å². The third-order valence-corrected chi connectivity index (χ3v) is 1.96. The molecule has 72 valence electrons. The standard InChI is InChI=1S/C7H8BrF2N3/c1-7(11,5(9)10)6-12-2-4(8)3-13-6/h2-3,5H,11H2,1H3. The maximum atomic E-state index is 12.4. The van der Waals surface area contributed by atoms with E-state index in [4.69, 9.17) is 5.73 Å². The predicted molar refractivity (Wildman–Crippen MR) is 47.3 cm³/mol. The lowest BCUT2D eigenvalue weighted by Gasteiger charge is -2.21. The summed E-state index contributed by atoms with van der Waals surface area (Å²) in [4.78, 5) is 7.42. The van der Waals surface area contributed by atoms with Gasteiger partial charge < -0.3 is 5.73 Å². The zero-order valence-electron chi connectivity index (χ0n) is 6.84. The fourth-order valence-electron chi connectivity index (χ4n) is 0.688. The molecule has 0 aliphatic carbocycles. The van der Waals surface area contributed by atoms with Crippen molar-refractivity contribution in [3.05, 3.63) is 22.7 Å². The summed E-state index contributed by atoms with van der Waals surface area (Å²) in [6.45, 7) is 1.20. The molecule has 6 heteroatoms. The Morgan fingerprint density at radius 1 is 1.46 bits per heavy atom. The first-order valence-corrected chi connectivity index (χ1v) is 4.29. The third-order valence-electron chi connectivity index (χ3n) is 1.56. The second-order valence-electron chi connectivity index (χ2n) is 2.81. The minimum Gasteiger partial charge on any atom is -0.314 e. The highest BCUT2D eigenvalue weighted by molar-refractivity contribution is 9.10. The van der Waals surface area contributed by atoms with Gasteiger partial charge in [0, 0.05) is 12.4 Å². The molecule has 1 aromatic heterocycles. The van der Waals surface area contributed by atoms with E-state index >= 15 is 0 Å². The first-order valence-electron chi connectivity index (χ1n) is 3.49. The Hall–Kier alpha value is -0.620. The van der Waals surface area contributed by atoms with Crippen molar-refractivity contribution < 1.29 is 8.78 Å². The van der Waals surface area contributed by atoms with E-state index in [1.807, 2.05) is 0 Å². The number of aromatic nitrogens is 2. The van der Waals surface area contributed by atoms with Crippen molar-refractivity contribution in [2.24, 2.45) is 5.73 Å². The minimum absolute atomic E-state index is 0.0642. The van der Waals surface area contributed by atoms with Gasteiger partial charge in [-0.3, -0.25) is 0 Å². The van der Waals surface area contributed by atoms with Crippen LogP contribution in [0.25, 0.3) is 0 Å². The molecule has 0 amide bonds. The van der Waals surface area contributed by atoms with Crippen molar-refractivity contribution in [2.45, 2.75) is 18.9 Å². The zero-order valence-corrected chi connectivity index (χ0v) is 8.42. The molecule has 1 aromatic rings. The molecular formula is C7H8BrF2N3. The lowest BCUT2D eigenvalue weighted by Crippen LogP contribution is -2.42. The maximum Gasteiger partial charge on any atom is 0.263 e. The molecule has 0 saturated heterocycles. The second kappa shape index (κ2) is 3.63. The average Bonchev–Trinajstić information content (AvgIpc) is 2.04. The largest absolute Gasteiger partial charge is 0.314 e. The van der Waals surface area contributed by atoms with Crippen LogP contribution in [0.2, 0.25) is 0 Å². The number of nitrogens with zero attached hydrogens (tertiary/aromatic N) is 2. The first-order chi connectivity index (χ1) is 5.94. The van der Waals surface area contributed by atoms with Gasteiger partial charge in [-0.15, -0.1) is 0 Å². The monoisotopic (exact) mass is 251 g/mol. The van der Waals surface area contributed by atoms with Crippen LogP contribution < -0.4 is 5.73 Å². The minimum atomic E-state index is -2.69. The van der Waals surface area contributed by atoms with Crippen LogP contribution in [0.1, 0.15) is 12.7 Å². The van der Waals surface area contributed by atoms with Crippen molar-refractivity contribution in [1.29, 1.82) is 0 Å². The molecule has 0 aliphatic rings. The van der Waals surface area contributed by atoms with E-state index in [2.05, 4.69) is 25.9 Å². The van der Waals surface area contributed by atoms with E-state index in [1.54, 1.807) is 0 Å². The van der Waals surface area contributed by atoms with Crippen molar-refractivity contribution in [3.63, 3.8) is 0 Å². The van der Waals surface area contributed by atoms with Gasteiger partial charge in [-0.25, -0.2) is 18.7 Å². The summed E-state index contributed by atoms with van der Waals surface area (Å²) in [5.74, 6) is -0.0642. The van der Waals surface area contributed by atoms with Crippen LogP contribution in [0, 0.1) is 0 Å². The molecule has 0 bridgehead atoms. The molecule has 1 heterocycles. The molecule has 0 spiro atoms. The van der Waals surface area contributed by atoms with E-state index in [0.717, 1.165) is 0 Å². The van der Waals surface area contributed by atoms with Gasteiger partial charge in [0.05, 0.1) is 4.47 Å². The van der Waals surface area contributed by atoms with Crippen LogP contribution in [-0.2, 0) is 5.54 Å². The van der Waals surface area contributed by atoms with Gasteiger partial charge in [0.25, 0.3) is 6.43 Å². The molecule has 0 aromatic carbocycles. The normalized spacial score (nSPS) is 15.8. The van der Waals surface area contributed by atoms with Crippen LogP contribution in [-0.4, -0.2) is 16.4 Å². The predicted octanol–water partition coefficient (Wildman–Crippen LogP) is 1.68. The number of nitrogens with two attached hydrogens (primary N) is 1. The average molecular weight is 252 g/mol. The quantitative estimate of drug-likeness (QED) is 0.871. The van der Waals surface area contributed by atoms with Gasteiger partial charge in [-0.1, -0.05) is 0 Å². The van der Waals surface area contributed by atoms with Crippen molar-refractivity contribution in [1.82, 2.24) is 9.97 Å². The lowest BCUT2D eigenvalue weighted by molar-refractivity contribution is 0.0576. The fraction of sp³-hybridized carbons (Fsp3) is 0.429. The SMILES string of the molecule is CC(N)(c1ncc(Br)cn1)C(F)F. The van der Waals surface area contributed by atoms with Gasteiger partial charge >= 0.3 is 0 Å². The fourth-order valence-corrected chi connectivity index (χ4v) is 0.893. The highest BCUT2D eigenvalue weighted by atomic mass is 79.9. The summed E-state index contributed by atoms with van der Waals surface area (Å²) in [6, 6.07) is 0. The Kier molecular flexibility index (Phi) is 2.92. The Morgan fingerprint density at radius 2 is 1.92 bits per heavy atom. The van der Waals surface area contributed by atoms with Crippen LogP contribution >= 0.6 is 15.9 Å². The molecule has 1 unspecified atom stereocenters. The second-order valence-corrected chi connectivity index (χ2v) is 3.72. The van der Waals surface area contributed by atoms with E-state index in [0.29, 0.717) is 4.47 Å². The van der Waals surface area contributed by atoms with Gasteiger partial charge in [-0.2, -0.15) is 0 Å². The molecule has 0 aliphatic heterocycles. The Balaban J connectivity index is 3.01. The van der Waals surface area contributed by atoms with Crippen LogP contribution in [0.15, 0.2) is 16.9 Å². The number of hydrogen-bond acceptors (Lipinski definition) is 3. The molecule has 0 fully saturated rings. The summed E-state index contributed by atoms with van der Waals surface area (Å²) in [5, 5.41) is 0. The molecule has 1 rings (SSSR count). The highest BCUT2D eigenvalue weighted by Gasteiger charge is 2.35. The molecule has 1 atom stereocenters. The molecule has 2 N–H and O–H groups in total.